The molecule has 0 spiro atoms. The monoisotopic (exact) mass is 256 g/mol. The average molecular weight is 256 g/mol. The molecule has 0 aliphatic carbocycles. The Kier molecular flexibility index (Phi) is 4.78. The Balaban J connectivity index is 4.43. The van der Waals surface area contributed by atoms with Crippen LogP contribution in [-0.2, 0) is 22.3 Å². The summed E-state index contributed by atoms with van der Waals surface area (Å²) < 4.78 is 37.4. The lowest BCUT2D eigenvalue weighted by molar-refractivity contribution is 0.183. The molecule has 5 N–H and O–H groups in total. The van der Waals surface area contributed by atoms with E-state index in [1.54, 1.807) is 0 Å². The maximum absolute atomic E-state index is 10.5. The van der Waals surface area contributed by atoms with Crippen molar-refractivity contribution in [2.24, 2.45) is 0 Å². The molecule has 10 nitrogen and oxygen atoms in total. The summed E-state index contributed by atoms with van der Waals surface area (Å²) in [6, 6.07) is 0. The second-order valence-electron chi connectivity index (χ2n) is 1.49. The zero-order valence-electron chi connectivity index (χ0n) is 5.67. The van der Waals surface area contributed by atoms with Crippen LogP contribution in [0.15, 0.2) is 0 Å². The maximum Gasteiger partial charge on any atom is 0.705 e. The van der Waals surface area contributed by atoms with Crippen LogP contribution >= 0.6 is 23.8 Å². The first-order chi connectivity index (χ1) is 5.68. The molecule has 0 amide bonds. The van der Waals surface area contributed by atoms with Crippen molar-refractivity contribution < 1.29 is 42.2 Å². The zero-order chi connectivity index (χ0) is 10.7. The SMILES string of the molecule is O=[P+](O)OP(=O)(O)OP(=O)(O)NO. The van der Waals surface area contributed by atoms with Crippen LogP contribution in [0.1, 0.15) is 0 Å². The van der Waals surface area contributed by atoms with Crippen molar-refractivity contribution in [1.29, 1.82) is 0 Å². The van der Waals surface area contributed by atoms with Crippen molar-refractivity contribution in [3.63, 3.8) is 0 Å². The Hall–Kier alpha value is 0.280. The van der Waals surface area contributed by atoms with Gasteiger partial charge in [0, 0.05) is 4.57 Å². The molecule has 0 saturated carbocycles. The van der Waals surface area contributed by atoms with Gasteiger partial charge in [0.2, 0.25) is 0 Å². The van der Waals surface area contributed by atoms with Gasteiger partial charge in [-0.1, -0.05) is 0 Å². The van der Waals surface area contributed by atoms with Gasteiger partial charge in [-0.3, -0.25) is 4.89 Å². The minimum atomic E-state index is -5.16. The molecule has 3 atom stereocenters. The van der Waals surface area contributed by atoms with Gasteiger partial charge in [0.15, 0.2) is 0 Å². The van der Waals surface area contributed by atoms with Gasteiger partial charge in [-0.15, -0.1) is 10.1 Å². The van der Waals surface area contributed by atoms with Gasteiger partial charge >= 0.3 is 23.8 Å². The maximum atomic E-state index is 10.5. The summed E-state index contributed by atoms with van der Waals surface area (Å²) in [4.78, 5) is 24.8. The van der Waals surface area contributed by atoms with Crippen LogP contribution in [0.4, 0.5) is 0 Å². The normalized spacial score (nSPS) is 21.7. The van der Waals surface area contributed by atoms with Crippen LogP contribution in [0.2, 0.25) is 0 Å². The molecule has 0 aliphatic heterocycles. The fourth-order valence-electron chi connectivity index (χ4n) is 0.261. The number of hydrogen-bond acceptors (Lipinski definition) is 6. The fraction of sp³-hybridized carbons (Fsp3) is 0. The lowest BCUT2D eigenvalue weighted by Crippen LogP contribution is -2.05. The van der Waals surface area contributed by atoms with Gasteiger partial charge in [0.1, 0.15) is 0 Å². The Labute approximate surface area is 72.2 Å². The van der Waals surface area contributed by atoms with Crippen LogP contribution in [0, 0.1) is 0 Å². The van der Waals surface area contributed by atoms with Crippen molar-refractivity contribution in [1.82, 2.24) is 5.25 Å². The highest BCUT2D eigenvalue weighted by Crippen LogP contribution is 2.60. The smallest absolute Gasteiger partial charge is 0.311 e. The van der Waals surface area contributed by atoms with E-state index in [1.807, 2.05) is 0 Å². The van der Waals surface area contributed by atoms with E-state index in [0.717, 1.165) is 0 Å². The molecule has 0 saturated heterocycles. The molecule has 0 radical (unpaired) electrons. The van der Waals surface area contributed by atoms with Crippen molar-refractivity contribution in [2.45, 2.75) is 0 Å². The van der Waals surface area contributed by atoms with Crippen molar-refractivity contribution in [2.75, 3.05) is 0 Å². The fourth-order valence-corrected chi connectivity index (χ4v) is 2.62. The Morgan fingerprint density at radius 1 is 1.31 bits per heavy atom. The summed E-state index contributed by atoms with van der Waals surface area (Å²) in [6.45, 7) is 0. The van der Waals surface area contributed by atoms with Gasteiger partial charge in [-0.2, -0.15) is 4.31 Å². The standard InChI is InChI=1S/H4NO9P3/c2-1-12(5,6)10-13(7,8)9-11(3)4/h(H4-,1,2,3,4,5,6,7,8)/p+1. The topological polar surface area (TPSA) is 163 Å². The predicted molar refractivity (Wildman–Crippen MR) is 36.6 cm³/mol. The van der Waals surface area contributed by atoms with Crippen LogP contribution in [0.5, 0.6) is 0 Å². The average Bonchev–Trinajstić information content (AvgIpc) is 1.81. The van der Waals surface area contributed by atoms with Gasteiger partial charge in [0.25, 0.3) is 0 Å². The minimum Gasteiger partial charge on any atom is -0.311 e. The molecular weight excluding hydrogens is 251 g/mol. The third-order valence-corrected chi connectivity index (χ3v) is 3.86. The zero-order valence-corrected chi connectivity index (χ0v) is 8.36. The molecule has 0 aliphatic rings. The molecule has 0 aromatic carbocycles. The number of hydrogen-bond donors (Lipinski definition) is 5. The van der Waals surface area contributed by atoms with E-state index in [4.69, 9.17) is 19.9 Å². The van der Waals surface area contributed by atoms with Crippen LogP contribution in [0.25, 0.3) is 0 Å². The molecule has 78 valence electrons. The third kappa shape index (κ3) is 6.36. The van der Waals surface area contributed by atoms with E-state index in [0.29, 0.717) is 5.25 Å². The quantitative estimate of drug-likeness (QED) is 0.330. The molecule has 13 heteroatoms. The first-order valence-corrected chi connectivity index (χ1v) is 6.53. The second kappa shape index (κ2) is 4.68. The minimum absolute atomic E-state index is 0.671. The lowest BCUT2D eigenvalue weighted by Gasteiger charge is -2.08. The van der Waals surface area contributed by atoms with Gasteiger partial charge in [-0.05, 0) is 4.31 Å². The summed E-state index contributed by atoms with van der Waals surface area (Å²) >= 11 is 0. The first-order valence-electron chi connectivity index (χ1n) is 2.33. The predicted octanol–water partition coefficient (Wildman–Crippen LogP) is -0.151. The van der Waals surface area contributed by atoms with Crippen molar-refractivity contribution >= 4 is 23.8 Å². The molecular formula is H5NO9P3+. The van der Waals surface area contributed by atoms with E-state index >= 15 is 0 Å². The molecule has 0 rings (SSSR count). The van der Waals surface area contributed by atoms with Crippen LogP contribution in [-0.4, -0.2) is 19.9 Å². The second-order valence-corrected chi connectivity index (χ2v) is 5.45. The third-order valence-electron chi connectivity index (χ3n) is 0.513. The van der Waals surface area contributed by atoms with E-state index in [9.17, 15) is 13.7 Å². The highest BCUT2D eigenvalue weighted by molar-refractivity contribution is 7.65. The van der Waals surface area contributed by atoms with Crippen LogP contribution < -0.4 is 5.25 Å². The Morgan fingerprint density at radius 2 is 1.77 bits per heavy atom. The summed E-state index contributed by atoms with van der Waals surface area (Å²) in [6.07, 6.45) is 0. The van der Waals surface area contributed by atoms with E-state index < -0.39 is 23.8 Å². The number of nitrogens with one attached hydrogen (secondary N) is 1. The summed E-state index contributed by atoms with van der Waals surface area (Å²) in [5.41, 5.74) is 0. The largest absolute Gasteiger partial charge is 0.705 e. The van der Waals surface area contributed by atoms with Gasteiger partial charge in [0.05, 0.1) is 0 Å². The van der Waals surface area contributed by atoms with Gasteiger partial charge in [-0.25, -0.2) is 9.13 Å². The number of phosphoric acid groups is 1. The highest BCUT2D eigenvalue weighted by Gasteiger charge is 2.41. The number of rotatable bonds is 5. The Morgan fingerprint density at radius 3 is 2.08 bits per heavy atom. The summed E-state index contributed by atoms with van der Waals surface area (Å²) in [7, 11) is -13.6. The Bertz CT molecular complexity index is 281. The molecule has 0 fully saturated rings. The molecule has 0 aromatic rings. The van der Waals surface area contributed by atoms with E-state index in [2.05, 4.69) is 8.62 Å². The first kappa shape index (κ1) is 13.3. The molecule has 0 heterocycles. The van der Waals surface area contributed by atoms with Crippen molar-refractivity contribution in [3.8, 4) is 0 Å². The van der Waals surface area contributed by atoms with E-state index in [-0.39, 0.29) is 0 Å². The molecule has 0 aromatic heterocycles. The lowest BCUT2D eigenvalue weighted by atomic mass is 13.5. The van der Waals surface area contributed by atoms with Crippen molar-refractivity contribution in [3.05, 3.63) is 0 Å². The molecule has 13 heavy (non-hydrogen) atoms. The van der Waals surface area contributed by atoms with E-state index in [1.165, 1.54) is 0 Å². The van der Waals surface area contributed by atoms with Crippen LogP contribution in [0.3, 0.4) is 0 Å². The highest BCUT2D eigenvalue weighted by atomic mass is 31.3. The summed E-state index contributed by atoms with van der Waals surface area (Å²) in [5.74, 6) is 0. The molecule has 0 bridgehead atoms. The summed E-state index contributed by atoms with van der Waals surface area (Å²) in [5, 5.41) is 8.55. The van der Waals surface area contributed by atoms with Gasteiger partial charge < -0.3 is 10.1 Å². The molecule has 3 unspecified atom stereocenters.